The van der Waals surface area contributed by atoms with Gasteiger partial charge in [0.15, 0.2) is 0 Å². The minimum absolute atomic E-state index is 0.00464. The first-order valence-corrected chi connectivity index (χ1v) is 6.69. The highest BCUT2D eigenvalue weighted by Crippen LogP contribution is 2.26. The van der Waals surface area contributed by atoms with Gasteiger partial charge in [0.1, 0.15) is 5.02 Å². The zero-order valence-corrected chi connectivity index (χ0v) is 11.7. The molecule has 0 saturated carbocycles. The molecule has 1 heterocycles. The average molecular weight is 299 g/mol. The predicted molar refractivity (Wildman–Crippen MR) is 73.8 cm³/mol. The third-order valence-corrected chi connectivity index (χ3v) is 3.86. The Labute approximate surface area is 121 Å². The van der Waals surface area contributed by atoms with Crippen LogP contribution in [-0.2, 0) is 0 Å². The van der Waals surface area contributed by atoms with Gasteiger partial charge in [-0.25, -0.2) is 0 Å². The van der Waals surface area contributed by atoms with E-state index in [1.165, 1.54) is 18.2 Å². The first-order valence-electron chi connectivity index (χ1n) is 6.31. The van der Waals surface area contributed by atoms with Gasteiger partial charge < -0.3 is 10.0 Å². The molecule has 2 unspecified atom stereocenters. The van der Waals surface area contributed by atoms with E-state index in [4.69, 9.17) is 11.6 Å². The lowest BCUT2D eigenvalue weighted by molar-refractivity contribution is -0.384. The van der Waals surface area contributed by atoms with E-state index >= 15 is 0 Å². The number of nitrogens with zero attached hydrogens (tertiary/aromatic N) is 2. The lowest BCUT2D eigenvalue weighted by Crippen LogP contribution is -2.44. The highest BCUT2D eigenvalue weighted by atomic mass is 35.5. The van der Waals surface area contributed by atoms with Crippen molar-refractivity contribution in [2.24, 2.45) is 5.92 Å². The van der Waals surface area contributed by atoms with Crippen molar-refractivity contribution in [1.82, 2.24) is 4.90 Å². The van der Waals surface area contributed by atoms with Crippen LogP contribution < -0.4 is 0 Å². The quantitative estimate of drug-likeness (QED) is 0.669. The van der Waals surface area contributed by atoms with Crippen LogP contribution in [0.15, 0.2) is 18.2 Å². The molecule has 0 spiro atoms. The number of likely N-dealkylation sites (tertiary alicyclic amines) is 1. The van der Waals surface area contributed by atoms with Crippen molar-refractivity contribution in [3.63, 3.8) is 0 Å². The summed E-state index contributed by atoms with van der Waals surface area (Å²) in [5.41, 5.74) is -0.0349. The third kappa shape index (κ3) is 2.91. The molecular formula is C13H15ClN2O4. The van der Waals surface area contributed by atoms with Crippen molar-refractivity contribution >= 4 is 23.2 Å². The Kier molecular flexibility index (Phi) is 4.25. The predicted octanol–water partition coefficient (Wildman–Crippen LogP) is 2.09. The van der Waals surface area contributed by atoms with E-state index < -0.39 is 11.0 Å². The maximum Gasteiger partial charge on any atom is 0.288 e. The smallest absolute Gasteiger partial charge is 0.288 e. The van der Waals surface area contributed by atoms with E-state index in [9.17, 15) is 20.0 Å². The Morgan fingerprint density at radius 3 is 2.85 bits per heavy atom. The van der Waals surface area contributed by atoms with Crippen molar-refractivity contribution in [3.8, 4) is 0 Å². The number of hydrogen-bond donors (Lipinski definition) is 1. The van der Waals surface area contributed by atoms with Crippen molar-refractivity contribution in [2.45, 2.75) is 19.4 Å². The molecule has 20 heavy (non-hydrogen) atoms. The molecule has 1 aromatic carbocycles. The van der Waals surface area contributed by atoms with Gasteiger partial charge in [0.25, 0.3) is 11.6 Å². The molecule has 1 aliphatic rings. The van der Waals surface area contributed by atoms with Crippen molar-refractivity contribution in [2.75, 3.05) is 13.1 Å². The van der Waals surface area contributed by atoms with E-state index in [0.717, 1.165) is 0 Å². The summed E-state index contributed by atoms with van der Waals surface area (Å²) >= 11 is 5.72. The van der Waals surface area contributed by atoms with Crippen LogP contribution in [0.1, 0.15) is 23.7 Å². The monoisotopic (exact) mass is 298 g/mol. The van der Waals surface area contributed by atoms with Gasteiger partial charge >= 0.3 is 0 Å². The molecule has 0 aromatic heterocycles. The van der Waals surface area contributed by atoms with Crippen molar-refractivity contribution in [3.05, 3.63) is 38.9 Å². The second-order valence-corrected chi connectivity index (χ2v) is 5.41. The Balaban J connectivity index is 2.21. The molecule has 1 aliphatic heterocycles. The molecule has 0 radical (unpaired) electrons. The molecule has 1 saturated heterocycles. The van der Waals surface area contributed by atoms with Gasteiger partial charge in [-0.05, 0) is 24.5 Å². The van der Waals surface area contributed by atoms with E-state index in [2.05, 4.69) is 0 Å². The second-order valence-electron chi connectivity index (χ2n) is 5.01. The van der Waals surface area contributed by atoms with Gasteiger partial charge in [-0.2, -0.15) is 0 Å². The number of aliphatic hydroxyl groups excluding tert-OH is 1. The number of amides is 1. The van der Waals surface area contributed by atoms with Crippen LogP contribution in [0, 0.1) is 16.0 Å². The fourth-order valence-corrected chi connectivity index (χ4v) is 2.47. The Morgan fingerprint density at radius 1 is 1.55 bits per heavy atom. The van der Waals surface area contributed by atoms with E-state index in [0.29, 0.717) is 19.5 Å². The number of piperidine rings is 1. The molecule has 1 aromatic rings. The average Bonchev–Trinajstić information content (AvgIpc) is 2.41. The molecule has 108 valence electrons. The molecule has 7 heteroatoms. The van der Waals surface area contributed by atoms with E-state index in [1.54, 1.807) is 4.90 Å². The molecule has 2 atom stereocenters. The zero-order chi connectivity index (χ0) is 14.9. The number of benzene rings is 1. The van der Waals surface area contributed by atoms with Crippen LogP contribution >= 0.6 is 11.6 Å². The molecule has 1 amide bonds. The Hall–Kier alpha value is -1.66. The third-order valence-electron chi connectivity index (χ3n) is 3.54. The molecule has 6 nitrogen and oxygen atoms in total. The minimum Gasteiger partial charge on any atom is -0.393 e. The first-order chi connectivity index (χ1) is 9.40. The van der Waals surface area contributed by atoms with Gasteiger partial charge in [-0.3, -0.25) is 14.9 Å². The first kappa shape index (κ1) is 14.7. The number of carbonyl (C=O) groups is 1. The summed E-state index contributed by atoms with van der Waals surface area (Å²) < 4.78 is 0. The number of carbonyl (C=O) groups excluding carboxylic acids is 1. The summed E-state index contributed by atoms with van der Waals surface area (Å²) in [7, 11) is 0. The number of rotatable bonds is 2. The minimum atomic E-state index is -0.609. The van der Waals surface area contributed by atoms with Gasteiger partial charge in [-0.15, -0.1) is 0 Å². The maximum atomic E-state index is 12.3. The van der Waals surface area contributed by atoms with Crippen LogP contribution in [0.5, 0.6) is 0 Å². The molecule has 2 rings (SSSR count). The summed E-state index contributed by atoms with van der Waals surface area (Å²) in [5.74, 6) is -0.279. The highest BCUT2D eigenvalue weighted by Gasteiger charge is 2.28. The Morgan fingerprint density at radius 2 is 2.25 bits per heavy atom. The van der Waals surface area contributed by atoms with E-state index in [-0.39, 0.29) is 28.1 Å². The molecular weight excluding hydrogens is 284 g/mol. The number of nitro benzene ring substituents is 1. The van der Waals surface area contributed by atoms with Crippen LogP contribution in [0.4, 0.5) is 5.69 Å². The SMILES string of the molecule is CC1CN(C(=O)c2ccc(Cl)c([N+](=O)[O-])c2)CCC1O. The summed E-state index contributed by atoms with van der Waals surface area (Å²) in [6.07, 6.45) is 0.112. The fourth-order valence-electron chi connectivity index (χ4n) is 2.29. The van der Waals surface area contributed by atoms with Crippen LogP contribution in [0.2, 0.25) is 5.02 Å². The lowest BCUT2D eigenvalue weighted by Gasteiger charge is -2.34. The van der Waals surface area contributed by atoms with Crippen molar-refractivity contribution < 1.29 is 14.8 Å². The van der Waals surface area contributed by atoms with Crippen molar-refractivity contribution in [1.29, 1.82) is 0 Å². The fraction of sp³-hybridized carbons (Fsp3) is 0.462. The van der Waals surface area contributed by atoms with E-state index in [1.807, 2.05) is 6.92 Å². The number of nitro groups is 1. The zero-order valence-electron chi connectivity index (χ0n) is 11.0. The van der Waals surface area contributed by atoms with Crippen LogP contribution in [0.25, 0.3) is 0 Å². The number of hydrogen-bond acceptors (Lipinski definition) is 4. The molecule has 0 aliphatic carbocycles. The normalized spacial score (nSPS) is 22.6. The van der Waals surface area contributed by atoms with Gasteiger partial charge in [0.05, 0.1) is 11.0 Å². The molecule has 1 fully saturated rings. The van der Waals surface area contributed by atoms with Crippen LogP contribution in [-0.4, -0.2) is 40.0 Å². The van der Waals surface area contributed by atoms with Gasteiger partial charge in [0.2, 0.25) is 0 Å². The number of halogens is 1. The molecule has 0 bridgehead atoms. The number of aliphatic hydroxyl groups is 1. The summed E-state index contributed by atoms with van der Waals surface area (Å²) in [6, 6.07) is 4.03. The van der Waals surface area contributed by atoms with Gasteiger partial charge in [0, 0.05) is 24.7 Å². The molecule has 1 N–H and O–H groups in total. The Bertz CT molecular complexity index is 549. The topological polar surface area (TPSA) is 83.7 Å². The lowest BCUT2D eigenvalue weighted by atomic mass is 9.96. The highest BCUT2D eigenvalue weighted by molar-refractivity contribution is 6.32. The summed E-state index contributed by atoms with van der Waals surface area (Å²) in [6.45, 7) is 2.76. The summed E-state index contributed by atoms with van der Waals surface area (Å²) in [5, 5.41) is 20.5. The second kappa shape index (κ2) is 5.76. The summed E-state index contributed by atoms with van der Waals surface area (Å²) in [4.78, 5) is 24.1. The largest absolute Gasteiger partial charge is 0.393 e. The van der Waals surface area contributed by atoms with Crippen LogP contribution in [0.3, 0.4) is 0 Å². The maximum absolute atomic E-state index is 12.3. The van der Waals surface area contributed by atoms with Gasteiger partial charge in [-0.1, -0.05) is 18.5 Å². The standard InChI is InChI=1S/C13H15ClN2O4/c1-8-7-15(5-4-12(8)17)13(18)9-2-3-10(14)11(6-9)16(19)20/h2-3,6,8,12,17H,4-5,7H2,1H3.